The molecule has 1 aliphatic carbocycles. The van der Waals surface area contributed by atoms with E-state index < -0.39 is 17.4 Å². The number of halogens is 1. The number of hydrogen-bond donors (Lipinski definition) is 2. The van der Waals surface area contributed by atoms with Crippen molar-refractivity contribution < 1.29 is 9.90 Å². The van der Waals surface area contributed by atoms with Gasteiger partial charge in [0, 0.05) is 10.5 Å². The summed E-state index contributed by atoms with van der Waals surface area (Å²) >= 11 is 3.41. The first kappa shape index (κ1) is 14.0. The van der Waals surface area contributed by atoms with Crippen molar-refractivity contribution in [2.45, 2.75) is 37.1 Å². The molecule has 0 aromatic heterocycles. The first-order chi connectivity index (χ1) is 8.97. The van der Waals surface area contributed by atoms with E-state index in [0.717, 1.165) is 34.9 Å². The standard InChI is InChI=1S/C14H15BrN2O2/c15-11-5-9(12(17)7-13(18)19)4-10(6-11)14(8-16)2-1-3-14/h4-6,12H,1-3,7,17H2,(H,18,19). The zero-order chi connectivity index (χ0) is 14.0. The van der Waals surface area contributed by atoms with Crippen LogP contribution in [0, 0.1) is 11.3 Å². The van der Waals surface area contributed by atoms with Gasteiger partial charge in [0.25, 0.3) is 0 Å². The van der Waals surface area contributed by atoms with E-state index in [4.69, 9.17) is 10.8 Å². The lowest BCUT2D eigenvalue weighted by atomic mass is 9.65. The van der Waals surface area contributed by atoms with Gasteiger partial charge in [-0.3, -0.25) is 4.79 Å². The lowest BCUT2D eigenvalue weighted by molar-refractivity contribution is -0.137. The Morgan fingerprint density at radius 1 is 1.53 bits per heavy atom. The van der Waals surface area contributed by atoms with Gasteiger partial charge in [-0.2, -0.15) is 5.26 Å². The minimum absolute atomic E-state index is 0.116. The predicted octanol–water partition coefficient (Wildman–Crippen LogP) is 2.87. The number of carbonyl (C=O) groups is 1. The quantitative estimate of drug-likeness (QED) is 0.892. The molecule has 0 heterocycles. The summed E-state index contributed by atoms with van der Waals surface area (Å²) < 4.78 is 0.836. The van der Waals surface area contributed by atoms with Gasteiger partial charge in [-0.1, -0.05) is 22.0 Å². The number of hydrogen-bond acceptors (Lipinski definition) is 3. The highest BCUT2D eigenvalue weighted by molar-refractivity contribution is 9.10. The smallest absolute Gasteiger partial charge is 0.305 e. The molecule has 1 aliphatic rings. The number of carboxylic acid groups (broad SMARTS) is 1. The molecule has 100 valence electrons. The van der Waals surface area contributed by atoms with Crippen molar-refractivity contribution >= 4 is 21.9 Å². The Morgan fingerprint density at radius 3 is 2.68 bits per heavy atom. The maximum atomic E-state index is 10.7. The minimum atomic E-state index is -0.923. The van der Waals surface area contributed by atoms with Crippen molar-refractivity contribution in [3.8, 4) is 6.07 Å². The minimum Gasteiger partial charge on any atom is -0.481 e. The number of carboxylic acids is 1. The molecule has 1 saturated carbocycles. The highest BCUT2D eigenvalue weighted by Crippen LogP contribution is 2.44. The van der Waals surface area contributed by atoms with Crippen LogP contribution >= 0.6 is 15.9 Å². The van der Waals surface area contributed by atoms with Crippen molar-refractivity contribution in [3.63, 3.8) is 0 Å². The molecule has 0 saturated heterocycles. The van der Waals surface area contributed by atoms with Gasteiger partial charge in [-0.05, 0) is 42.5 Å². The zero-order valence-corrected chi connectivity index (χ0v) is 12.0. The molecule has 3 N–H and O–H groups in total. The second kappa shape index (κ2) is 5.32. The van der Waals surface area contributed by atoms with Gasteiger partial charge in [0.15, 0.2) is 0 Å². The first-order valence-electron chi connectivity index (χ1n) is 6.16. The summed E-state index contributed by atoms with van der Waals surface area (Å²) in [7, 11) is 0. The fourth-order valence-electron chi connectivity index (χ4n) is 2.40. The lowest BCUT2D eigenvalue weighted by Gasteiger charge is -2.36. The summed E-state index contributed by atoms with van der Waals surface area (Å²) in [4.78, 5) is 10.7. The molecule has 1 fully saturated rings. The summed E-state index contributed by atoms with van der Waals surface area (Å²) in [5.41, 5.74) is 7.17. The molecular formula is C14H15BrN2O2. The van der Waals surface area contributed by atoms with Crippen LogP contribution in [0.1, 0.15) is 42.9 Å². The topological polar surface area (TPSA) is 87.1 Å². The Bertz CT molecular complexity index is 547. The average Bonchev–Trinajstić information content (AvgIpc) is 2.26. The monoisotopic (exact) mass is 322 g/mol. The number of nitrogens with two attached hydrogens (primary N) is 1. The van der Waals surface area contributed by atoms with E-state index in [-0.39, 0.29) is 6.42 Å². The summed E-state index contributed by atoms with van der Waals surface area (Å²) in [6.07, 6.45) is 2.65. The zero-order valence-electron chi connectivity index (χ0n) is 10.4. The molecule has 19 heavy (non-hydrogen) atoms. The first-order valence-corrected chi connectivity index (χ1v) is 6.96. The molecule has 0 amide bonds. The van der Waals surface area contributed by atoms with Crippen LogP contribution in [0.2, 0.25) is 0 Å². The van der Waals surface area contributed by atoms with Crippen LogP contribution in [-0.4, -0.2) is 11.1 Å². The van der Waals surface area contributed by atoms with Crippen LogP contribution in [0.25, 0.3) is 0 Å². The molecule has 5 heteroatoms. The fraction of sp³-hybridized carbons (Fsp3) is 0.429. The number of aliphatic carboxylic acids is 1. The van der Waals surface area contributed by atoms with Gasteiger partial charge in [0.2, 0.25) is 0 Å². The Labute approximate surface area is 120 Å². The van der Waals surface area contributed by atoms with Crippen molar-refractivity contribution in [3.05, 3.63) is 33.8 Å². The van der Waals surface area contributed by atoms with Crippen molar-refractivity contribution in [1.82, 2.24) is 0 Å². The van der Waals surface area contributed by atoms with E-state index in [1.54, 1.807) is 0 Å². The van der Waals surface area contributed by atoms with E-state index in [1.165, 1.54) is 0 Å². The van der Waals surface area contributed by atoms with E-state index in [9.17, 15) is 10.1 Å². The third-order valence-corrected chi connectivity index (χ3v) is 4.17. The molecular weight excluding hydrogens is 308 g/mol. The van der Waals surface area contributed by atoms with E-state index in [2.05, 4.69) is 22.0 Å². The van der Waals surface area contributed by atoms with E-state index in [0.29, 0.717) is 0 Å². The number of nitrogens with zero attached hydrogens (tertiary/aromatic N) is 1. The van der Waals surface area contributed by atoms with Crippen LogP contribution in [0.4, 0.5) is 0 Å². The van der Waals surface area contributed by atoms with Crippen molar-refractivity contribution in [1.29, 1.82) is 5.26 Å². The number of benzene rings is 1. The summed E-state index contributed by atoms with van der Waals surface area (Å²) in [5.74, 6) is -0.923. The third kappa shape index (κ3) is 2.80. The highest BCUT2D eigenvalue weighted by atomic mass is 79.9. The maximum absolute atomic E-state index is 10.7. The SMILES string of the molecule is N#CC1(c2cc(Br)cc(C(N)CC(=O)O)c2)CCC1. The Morgan fingerprint density at radius 2 is 2.21 bits per heavy atom. The second-order valence-electron chi connectivity index (χ2n) is 5.03. The van der Waals surface area contributed by atoms with Gasteiger partial charge < -0.3 is 10.8 Å². The third-order valence-electron chi connectivity index (χ3n) is 3.72. The van der Waals surface area contributed by atoms with E-state index in [1.807, 2.05) is 18.2 Å². The van der Waals surface area contributed by atoms with Crippen molar-refractivity contribution in [2.24, 2.45) is 5.73 Å². The predicted molar refractivity (Wildman–Crippen MR) is 74.5 cm³/mol. The molecule has 0 aliphatic heterocycles. The van der Waals surface area contributed by atoms with Crippen LogP contribution < -0.4 is 5.73 Å². The molecule has 0 spiro atoms. The Hall–Kier alpha value is -1.38. The van der Waals surface area contributed by atoms with Gasteiger partial charge in [-0.25, -0.2) is 0 Å². The molecule has 4 nitrogen and oxygen atoms in total. The average molecular weight is 323 g/mol. The number of nitriles is 1. The molecule has 0 radical (unpaired) electrons. The Balaban J connectivity index is 2.35. The summed E-state index contributed by atoms with van der Waals surface area (Å²) in [6, 6.07) is 7.46. The molecule has 0 bridgehead atoms. The summed E-state index contributed by atoms with van der Waals surface area (Å²) in [6.45, 7) is 0. The van der Waals surface area contributed by atoms with Crippen molar-refractivity contribution in [2.75, 3.05) is 0 Å². The highest BCUT2D eigenvalue weighted by Gasteiger charge is 2.39. The normalized spacial score (nSPS) is 18.2. The molecule has 2 rings (SSSR count). The van der Waals surface area contributed by atoms with Crippen LogP contribution in [0.15, 0.2) is 22.7 Å². The Kier molecular flexibility index (Phi) is 3.93. The lowest BCUT2D eigenvalue weighted by Crippen LogP contribution is -2.32. The molecule has 1 unspecified atom stereocenters. The molecule has 1 aromatic rings. The largest absolute Gasteiger partial charge is 0.481 e. The van der Waals surface area contributed by atoms with Gasteiger partial charge >= 0.3 is 5.97 Å². The molecule has 1 aromatic carbocycles. The van der Waals surface area contributed by atoms with Gasteiger partial charge in [0.1, 0.15) is 0 Å². The summed E-state index contributed by atoms with van der Waals surface area (Å²) in [5, 5.41) is 18.2. The maximum Gasteiger partial charge on any atom is 0.305 e. The van der Waals surface area contributed by atoms with Crippen LogP contribution in [0.5, 0.6) is 0 Å². The van der Waals surface area contributed by atoms with Gasteiger partial charge in [0.05, 0.1) is 17.9 Å². The van der Waals surface area contributed by atoms with Crippen LogP contribution in [0.3, 0.4) is 0 Å². The van der Waals surface area contributed by atoms with Crippen LogP contribution in [-0.2, 0) is 10.2 Å². The van der Waals surface area contributed by atoms with E-state index >= 15 is 0 Å². The number of rotatable bonds is 4. The fourth-order valence-corrected chi connectivity index (χ4v) is 2.91. The molecule has 1 atom stereocenters. The second-order valence-corrected chi connectivity index (χ2v) is 5.94. The van der Waals surface area contributed by atoms with Gasteiger partial charge in [-0.15, -0.1) is 0 Å².